The van der Waals surface area contributed by atoms with Gasteiger partial charge in [0, 0.05) is 10.2 Å². The highest BCUT2D eigenvalue weighted by Gasteiger charge is 2.06. The standard InChI is InChI=1S/C15H15BrN2O2/c16-13-8-12(17)6-7-14(13)18-15(19)10-20-9-11-4-2-1-3-5-11/h1-8H,9-10,17H2,(H,18,19). The first kappa shape index (κ1) is 14.6. The maximum absolute atomic E-state index is 11.8. The summed E-state index contributed by atoms with van der Waals surface area (Å²) >= 11 is 3.34. The van der Waals surface area contributed by atoms with E-state index in [2.05, 4.69) is 21.2 Å². The summed E-state index contributed by atoms with van der Waals surface area (Å²) in [6, 6.07) is 14.9. The maximum Gasteiger partial charge on any atom is 0.250 e. The molecule has 2 aromatic carbocycles. The average molecular weight is 335 g/mol. The number of hydrogen-bond donors (Lipinski definition) is 2. The van der Waals surface area contributed by atoms with Gasteiger partial charge in [0.05, 0.1) is 12.3 Å². The van der Waals surface area contributed by atoms with Crippen molar-refractivity contribution in [3.8, 4) is 0 Å². The van der Waals surface area contributed by atoms with Crippen LogP contribution >= 0.6 is 15.9 Å². The minimum atomic E-state index is -0.202. The number of nitrogens with one attached hydrogen (secondary N) is 1. The molecule has 0 aromatic heterocycles. The summed E-state index contributed by atoms with van der Waals surface area (Å²) < 4.78 is 6.11. The van der Waals surface area contributed by atoms with Gasteiger partial charge >= 0.3 is 0 Å². The molecule has 4 nitrogen and oxygen atoms in total. The number of carbonyl (C=O) groups excluding carboxylic acids is 1. The molecule has 1 amide bonds. The fourth-order valence-electron chi connectivity index (χ4n) is 1.65. The van der Waals surface area contributed by atoms with Gasteiger partial charge in [-0.3, -0.25) is 4.79 Å². The summed E-state index contributed by atoms with van der Waals surface area (Å²) in [7, 11) is 0. The molecular weight excluding hydrogens is 320 g/mol. The van der Waals surface area contributed by atoms with Crippen LogP contribution in [0.25, 0.3) is 0 Å². The van der Waals surface area contributed by atoms with Gasteiger partial charge in [0.2, 0.25) is 5.91 Å². The Kier molecular flexibility index (Phi) is 5.15. The SMILES string of the molecule is Nc1ccc(NC(=O)COCc2ccccc2)c(Br)c1. The van der Waals surface area contributed by atoms with E-state index >= 15 is 0 Å². The topological polar surface area (TPSA) is 64.3 Å². The van der Waals surface area contributed by atoms with Gasteiger partial charge in [-0.05, 0) is 39.7 Å². The van der Waals surface area contributed by atoms with E-state index in [-0.39, 0.29) is 12.5 Å². The van der Waals surface area contributed by atoms with Crippen LogP contribution < -0.4 is 11.1 Å². The second-order valence-electron chi connectivity index (χ2n) is 4.27. The maximum atomic E-state index is 11.8. The van der Waals surface area contributed by atoms with E-state index in [4.69, 9.17) is 10.5 Å². The number of rotatable bonds is 5. The van der Waals surface area contributed by atoms with E-state index in [1.54, 1.807) is 18.2 Å². The van der Waals surface area contributed by atoms with Gasteiger partial charge in [0.15, 0.2) is 0 Å². The van der Waals surface area contributed by atoms with Gasteiger partial charge < -0.3 is 15.8 Å². The zero-order chi connectivity index (χ0) is 14.4. The molecule has 0 aliphatic heterocycles. The average Bonchev–Trinajstić information content (AvgIpc) is 2.43. The Morgan fingerprint density at radius 1 is 1.20 bits per heavy atom. The van der Waals surface area contributed by atoms with Crippen LogP contribution in [0, 0.1) is 0 Å². The van der Waals surface area contributed by atoms with Crippen LogP contribution in [0.5, 0.6) is 0 Å². The van der Waals surface area contributed by atoms with E-state index in [0.717, 1.165) is 10.0 Å². The zero-order valence-corrected chi connectivity index (χ0v) is 12.4. The van der Waals surface area contributed by atoms with Gasteiger partial charge in [0.1, 0.15) is 6.61 Å². The highest BCUT2D eigenvalue weighted by atomic mass is 79.9. The summed E-state index contributed by atoms with van der Waals surface area (Å²) in [5.74, 6) is -0.202. The lowest BCUT2D eigenvalue weighted by atomic mass is 10.2. The molecule has 104 valence electrons. The van der Waals surface area contributed by atoms with Crippen LogP contribution in [0.15, 0.2) is 53.0 Å². The van der Waals surface area contributed by atoms with Gasteiger partial charge in [-0.2, -0.15) is 0 Å². The van der Waals surface area contributed by atoms with Crippen molar-refractivity contribution in [3.63, 3.8) is 0 Å². The quantitative estimate of drug-likeness (QED) is 0.825. The number of benzene rings is 2. The summed E-state index contributed by atoms with van der Waals surface area (Å²) in [5.41, 5.74) is 7.98. The third-order valence-corrected chi connectivity index (χ3v) is 3.27. The molecule has 0 radical (unpaired) electrons. The Morgan fingerprint density at radius 2 is 1.95 bits per heavy atom. The number of anilines is 2. The van der Waals surface area contributed by atoms with Crippen molar-refractivity contribution in [3.05, 3.63) is 58.6 Å². The lowest BCUT2D eigenvalue weighted by Gasteiger charge is -2.08. The highest BCUT2D eigenvalue weighted by Crippen LogP contribution is 2.24. The molecule has 0 saturated heterocycles. The lowest BCUT2D eigenvalue weighted by Crippen LogP contribution is -2.18. The van der Waals surface area contributed by atoms with E-state index in [1.165, 1.54) is 0 Å². The molecule has 0 spiro atoms. The van der Waals surface area contributed by atoms with Crippen LogP contribution in [0.4, 0.5) is 11.4 Å². The predicted octanol–water partition coefficient (Wildman–Crippen LogP) is 3.19. The molecule has 0 aliphatic carbocycles. The molecule has 0 atom stereocenters. The third kappa shape index (κ3) is 4.36. The molecular formula is C15H15BrN2O2. The first-order valence-corrected chi connectivity index (χ1v) is 6.91. The van der Waals surface area contributed by atoms with Crippen LogP contribution in [-0.2, 0) is 16.1 Å². The molecule has 3 N–H and O–H groups in total. The molecule has 0 unspecified atom stereocenters. The van der Waals surface area contributed by atoms with Crippen LogP contribution in [0.3, 0.4) is 0 Å². The van der Waals surface area contributed by atoms with Gasteiger partial charge in [0.25, 0.3) is 0 Å². The summed E-state index contributed by atoms with van der Waals surface area (Å²) in [6.45, 7) is 0.420. The predicted molar refractivity (Wildman–Crippen MR) is 83.3 cm³/mol. The monoisotopic (exact) mass is 334 g/mol. The molecule has 2 aromatic rings. The molecule has 0 saturated carbocycles. The van der Waals surface area contributed by atoms with E-state index in [0.29, 0.717) is 18.0 Å². The largest absolute Gasteiger partial charge is 0.399 e. The van der Waals surface area contributed by atoms with Crippen LogP contribution in [-0.4, -0.2) is 12.5 Å². The van der Waals surface area contributed by atoms with Gasteiger partial charge in [-0.25, -0.2) is 0 Å². The second kappa shape index (κ2) is 7.07. The Hall–Kier alpha value is -1.85. The van der Waals surface area contributed by atoms with E-state index in [9.17, 15) is 4.79 Å². The highest BCUT2D eigenvalue weighted by molar-refractivity contribution is 9.10. The van der Waals surface area contributed by atoms with Crippen molar-refractivity contribution in [2.75, 3.05) is 17.7 Å². The molecule has 0 fully saturated rings. The van der Waals surface area contributed by atoms with Crippen molar-refractivity contribution >= 4 is 33.2 Å². The Labute approximate surface area is 126 Å². The molecule has 5 heteroatoms. The third-order valence-electron chi connectivity index (χ3n) is 2.61. The second-order valence-corrected chi connectivity index (χ2v) is 5.12. The summed E-state index contributed by atoms with van der Waals surface area (Å²) in [6.07, 6.45) is 0. The van der Waals surface area contributed by atoms with E-state index < -0.39 is 0 Å². The van der Waals surface area contributed by atoms with Crippen LogP contribution in [0.2, 0.25) is 0 Å². The smallest absolute Gasteiger partial charge is 0.250 e. The van der Waals surface area contributed by atoms with Crippen molar-refractivity contribution in [1.82, 2.24) is 0 Å². The number of nitrogen functional groups attached to an aromatic ring is 1. The summed E-state index contributed by atoms with van der Waals surface area (Å²) in [4.78, 5) is 11.8. The molecule has 2 rings (SSSR count). The van der Waals surface area contributed by atoms with Gasteiger partial charge in [-0.1, -0.05) is 30.3 Å². The Morgan fingerprint density at radius 3 is 2.65 bits per heavy atom. The minimum absolute atomic E-state index is 0.00567. The normalized spacial score (nSPS) is 10.2. The molecule has 0 heterocycles. The first-order valence-electron chi connectivity index (χ1n) is 6.11. The number of carbonyl (C=O) groups is 1. The van der Waals surface area contributed by atoms with Crippen molar-refractivity contribution in [1.29, 1.82) is 0 Å². The summed E-state index contributed by atoms with van der Waals surface area (Å²) in [5, 5.41) is 2.76. The number of hydrogen-bond acceptors (Lipinski definition) is 3. The van der Waals surface area contributed by atoms with Crippen molar-refractivity contribution < 1.29 is 9.53 Å². The zero-order valence-electron chi connectivity index (χ0n) is 10.8. The fraction of sp³-hybridized carbons (Fsp3) is 0.133. The molecule has 0 aliphatic rings. The fourth-order valence-corrected chi connectivity index (χ4v) is 2.15. The first-order chi connectivity index (χ1) is 9.65. The Balaban J connectivity index is 1.81. The van der Waals surface area contributed by atoms with Crippen molar-refractivity contribution in [2.24, 2.45) is 0 Å². The molecule has 20 heavy (non-hydrogen) atoms. The lowest BCUT2D eigenvalue weighted by molar-refractivity contribution is -0.121. The molecule has 0 bridgehead atoms. The number of halogens is 1. The number of ether oxygens (including phenoxy) is 1. The Bertz CT molecular complexity index is 588. The van der Waals surface area contributed by atoms with E-state index in [1.807, 2.05) is 30.3 Å². The van der Waals surface area contributed by atoms with Gasteiger partial charge in [-0.15, -0.1) is 0 Å². The number of amides is 1. The number of nitrogens with two attached hydrogens (primary N) is 1. The minimum Gasteiger partial charge on any atom is -0.399 e. The van der Waals surface area contributed by atoms with Crippen LogP contribution in [0.1, 0.15) is 5.56 Å². The van der Waals surface area contributed by atoms with Crippen molar-refractivity contribution in [2.45, 2.75) is 6.61 Å².